The average Bonchev–Trinajstić information content (AvgIpc) is 3.74. The van der Waals surface area contributed by atoms with E-state index in [4.69, 9.17) is 14.9 Å². The van der Waals surface area contributed by atoms with Crippen LogP contribution in [0.3, 0.4) is 0 Å². The van der Waals surface area contributed by atoms with E-state index in [1.165, 1.54) is 0 Å². The van der Waals surface area contributed by atoms with Crippen molar-refractivity contribution in [2.75, 3.05) is 43.4 Å². The second-order valence-corrected chi connectivity index (χ2v) is 12.6. The molecular weight excluding hydrogens is 620 g/mol. The zero-order valence-corrected chi connectivity index (χ0v) is 24.3. The molecule has 4 aliphatic rings. The summed E-state index contributed by atoms with van der Waals surface area (Å²) in [6, 6.07) is 2.58. The number of benzene rings is 2. The molecule has 244 valence electrons. The molecule has 4 unspecified atom stereocenters. The Morgan fingerprint density at radius 2 is 1.85 bits per heavy atom. The molecule has 4 saturated heterocycles. The Balaban J connectivity index is 1.31. The Kier molecular flexibility index (Phi) is 6.69. The highest BCUT2D eigenvalue weighted by atomic mass is 19.4. The largest absolute Gasteiger partial charge is 0.573 e. The van der Waals surface area contributed by atoms with Gasteiger partial charge < -0.3 is 29.8 Å². The van der Waals surface area contributed by atoms with Crippen LogP contribution < -0.4 is 25.4 Å². The molecule has 0 aliphatic carbocycles. The monoisotopic (exact) mass is 649 g/mol. The van der Waals surface area contributed by atoms with Crippen LogP contribution in [0.5, 0.6) is 11.8 Å². The molecule has 2 bridgehead atoms. The van der Waals surface area contributed by atoms with Crippen LogP contribution in [0.2, 0.25) is 0 Å². The lowest BCUT2D eigenvalue weighted by molar-refractivity contribution is -0.274. The molecular formula is C30H29F6N7O3. The van der Waals surface area contributed by atoms with Crippen LogP contribution in [0.1, 0.15) is 32.1 Å². The number of nitrogen functional groups attached to an aromatic ring is 1. The van der Waals surface area contributed by atoms with E-state index in [1.54, 1.807) is 0 Å². The van der Waals surface area contributed by atoms with Gasteiger partial charge in [0.1, 0.15) is 35.4 Å². The number of nitrogens with one attached hydrogen (secondary N) is 1. The van der Waals surface area contributed by atoms with Crippen molar-refractivity contribution >= 4 is 33.8 Å². The first-order valence-electron chi connectivity index (χ1n) is 15.1. The maximum absolute atomic E-state index is 16.9. The van der Waals surface area contributed by atoms with Crippen LogP contribution in [0.25, 0.3) is 33.1 Å². The van der Waals surface area contributed by atoms with Gasteiger partial charge in [0.05, 0.1) is 11.1 Å². The Hall–Kier alpha value is -4.05. The van der Waals surface area contributed by atoms with Gasteiger partial charge in [-0.05, 0) is 50.4 Å². The number of nitrogens with two attached hydrogens (primary N) is 1. The van der Waals surface area contributed by atoms with Crippen LogP contribution in [0.15, 0.2) is 22.6 Å². The molecule has 0 saturated carbocycles. The fraction of sp³-hybridized carbons (Fsp3) is 0.500. The maximum Gasteiger partial charge on any atom is 0.573 e. The van der Waals surface area contributed by atoms with Gasteiger partial charge in [-0.25, -0.2) is 13.2 Å². The highest BCUT2D eigenvalue weighted by Crippen LogP contribution is 2.46. The van der Waals surface area contributed by atoms with Gasteiger partial charge in [-0.15, -0.1) is 13.2 Å². The summed E-state index contributed by atoms with van der Waals surface area (Å²) in [6.07, 6.45) is -2.53. The third kappa shape index (κ3) is 4.92. The molecule has 16 heteroatoms. The number of rotatable bonds is 6. The van der Waals surface area contributed by atoms with Crippen molar-refractivity contribution in [3.05, 3.63) is 29.8 Å². The number of hydrogen-bond acceptors (Lipinski definition) is 10. The first kappa shape index (κ1) is 29.4. The topological polar surface area (TPSA) is 115 Å². The summed E-state index contributed by atoms with van der Waals surface area (Å²) in [4.78, 5) is 16.8. The molecule has 0 amide bonds. The van der Waals surface area contributed by atoms with Gasteiger partial charge in [-0.2, -0.15) is 15.0 Å². The highest BCUT2D eigenvalue weighted by Gasteiger charge is 2.49. The van der Waals surface area contributed by atoms with Crippen LogP contribution in [-0.4, -0.2) is 82.8 Å². The molecule has 0 spiro atoms. The number of ether oxygens (including phenoxy) is 2. The van der Waals surface area contributed by atoms with Gasteiger partial charge in [0.2, 0.25) is 0 Å². The summed E-state index contributed by atoms with van der Waals surface area (Å²) in [7, 11) is 0. The predicted octanol–water partition coefficient (Wildman–Crippen LogP) is 5.09. The van der Waals surface area contributed by atoms with E-state index >= 15 is 4.39 Å². The van der Waals surface area contributed by atoms with E-state index < -0.39 is 52.6 Å². The van der Waals surface area contributed by atoms with E-state index in [2.05, 4.69) is 29.9 Å². The van der Waals surface area contributed by atoms with Crippen LogP contribution >= 0.6 is 0 Å². The number of halogens is 6. The van der Waals surface area contributed by atoms with Crippen molar-refractivity contribution in [2.24, 2.45) is 0 Å². The number of oxazole rings is 1. The first-order valence-corrected chi connectivity index (χ1v) is 15.1. The summed E-state index contributed by atoms with van der Waals surface area (Å²) in [5.74, 6) is -2.80. The van der Waals surface area contributed by atoms with Crippen molar-refractivity contribution in [2.45, 2.75) is 62.3 Å². The Labute approximate surface area is 257 Å². The lowest BCUT2D eigenvalue weighted by atomic mass is 9.95. The zero-order valence-electron chi connectivity index (χ0n) is 24.3. The second-order valence-electron chi connectivity index (χ2n) is 12.6. The number of fused-ring (bicyclic) bond motifs is 5. The van der Waals surface area contributed by atoms with Gasteiger partial charge in [-0.3, -0.25) is 4.90 Å². The number of alkyl halides is 4. The zero-order chi connectivity index (χ0) is 32.0. The van der Waals surface area contributed by atoms with Crippen LogP contribution in [0.4, 0.5) is 38.2 Å². The van der Waals surface area contributed by atoms with Crippen molar-refractivity contribution in [3.8, 4) is 22.9 Å². The second kappa shape index (κ2) is 10.5. The highest BCUT2D eigenvalue weighted by molar-refractivity contribution is 6.00. The summed E-state index contributed by atoms with van der Waals surface area (Å²) in [6.45, 7) is 2.04. The molecule has 4 aromatic rings. The molecule has 4 fully saturated rings. The number of aromatic nitrogens is 3. The molecule has 6 heterocycles. The van der Waals surface area contributed by atoms with Crippen molar-refractivity contribution < 1.29 is 40.2 Å². The number of anilines is 2. The molecule has 2 aromatic heterocycles. The minimum Gasteiger partial charge on any atom is -0.461 e. The molecule has 10 nitrogen and oxygen atoms in total. The Morgan fingerprint density at radius 1 is 1.07 bits per heavy atom. The van der Waals surface area contributed by atoms with E-state index in [0.29, 0.717) is 26.1 Å². The molecule has 4 atom stereocenters. The lowest BCUT2D eigenvalue weighted by Gasteiger charge is -2.35. The fourth-order valence-corrected chi connectivity index (χ4v) is 7.74. The smallest absolute Gasteiger partial charge is 0.461 e. The fourth-order valence-electron chi connectivity index (χ4n) is 7.74. The SMILES string of the molecule is Nc1nc2c(-c3c(OC(F)(F)F)cc4c(N5CC6CCC(C5)N6)nc(OCC56CCCN5CC(F)C6)nc4c3F)ccc(F)c2o1. The minimum absolute atomic E-state index is 0.0301. The molecule has 0 radical (unpaired) electrons. The van der Waals surface area contributed by atoms with Crippen molar-refractivity contribution in [1.29, 1.82) is 0 Å². The van der Waals surface area contributed by atoms with E-state index in [9.17, 15) is 22.0 Å². The Bertz CT molecular complexity index is 1840. The minimum atomic E-state index is -5.21. The number of nitrogens with zero attached hydrogens (tertiary/aromatic N) is 5. The Morgan fingerprint density at radius 3 is 2.61 bits per heavy atom. The van der Waals surface area contributed by atoms with Gasteiger partial charge >= 0.3 is 12.4 Å². The third-order valence-corrected chi connectivity index (χ3v) is 9.61. The molecule has 4 aliphatic heterocycles. The van der Waals surface area contributed by atoms with Crippen molar-refractivity contribution in [1.82, 2.24) is 25.2 Å². The average molecular weight is 650 g/mol. The van der Waals surface area contributed by atoms with Crippen LogP contribution in [-0.2, 0) is 0 Å². The summed E-state index contributed by atoms with van der Waals surface area (Å²) >= 11 is 0. The van der Waals surface area contributed by atoms with Gasteiger partial charge in [0.25, 0.3) is 6.01 Å². The standard InChI is InChI=1S/C30H29F6N7O3/c31-14-9-29(6-1-7-43(29)10-14)13-44-28-40-23-18(26(41-28)42-11-15-2-3-16(12-42)38-15)8-20(46-30(34,35)36)21(22(23)33)17-4-5-19(32)25-24(17)39-27(37)45-25/h4-5,8,14-16,38H,1-3,6-7,9-13H2,(H2,37,39). The lowest BCUT2D eigenvalue weighted by Crippen LogP contribution is -2.51. The van der Waals surface area contributed by atoms with E-state index in [0.717, 1.165) is 44.0 Å². The summed E-state index contributed by atoms with van der Waals surface area (Å²) in [5, 5.41) is 3.46. The van der Waals surface area contributed by atoms with Gasteiger partial charge in [-0.1, -0.05) is 0 Å². The number of hydrogen-bond donors (Lipinski definition) is 2. The van der Waals surface area contributed by atoms with Gasteiger partial charge in [0, 0.05) is 49.1 Å². The van der Waals surface area contributed by atoms with E-state index in [1.807, 2.05) is 4.90 Å². The maximum atomic E-state index is 16.9. The first-order chi connectivity index (χ1) is 22.0. The quantitative estimate of drug-likeness (QED) is 0.274. The molecule has 46 heavy (non-hydrogen) atoms. The third-order valence-electron chi connectivity index (χ3n) is 9.61. The van der Waals surface area contributed by atoms with E-state index in [-0.39, 0.29) is 58.9 Å². The molecule has 3 N–H and O–H groups in total. The predicted molar refractivity (Wildman–Crippen MR) is 154 cm³/mol. The molecule has 8 rings (SSSR count). The molecule has 2 aromatic carbocycles. The number of piperazine rings is 1. The van der Waals surface area contributed by atoms with Crippen LogP contribution in [0, 0.1) is 11.6 Å². The van der Waals surface area contributed by atoms with Gasteiger partial charge in [0.15, 0.2) is 17.2 Å². The summed E-state index contributed by atoms with van der Waals surface area (Å²) < 4.78 is 103. The normalized spacial score (nSPS) is 26.4. The summed E-state index contributed by atoms with van der Waals surface area (Å²) in [5.41, 5.74) is 3.07. The van der Waals surface area contributed by atoms with Crippen molar-refractivity contribution in [3.63, 3.8) is 0 Å².